The maximum Gasteiger partial charge on any atom is 0.338 e. The monoisotopic (exact) mass is 412 g/mol. The Bertz CT molecular complexity index is 1160. The molecule has 0 N–H and O–H groups in total. The summed E-state index contributed by atoms with van der Waals surface area (Å²) in [5.74, 6) is -1.63. The second-order valence-corrected chi connectivity index (χ2v) is 7.21. The van der Waals surface area contributed by atoms with E-state index in [4.69, 9.17) is 9.47 Å². The van der Waals surface area contributed by atoms with Gasteiger partial charge in [0, 0.05) is 0 Å². The van der Waals surface area contributed by atoms with Crippen LogP contribution in [0.5, 0.6) is 0 Å². The quantitative estimate of drug-likeness (QED) is 0.601. The van der Waals surface area contributed by atoms with Crippen LogP contribution in [0.1, 0.15) is 33.2 Å². The summed E-state index contributed by atoms with van der Waals surface area (Å²) in [6.45, 7) is 3.89. The van der Waals surface area contributed by atoms with E-state index in [0.29, 0.717) is 4.80 Å². The van der Waals surface area contributed by atoms with Gasteiger partial charge in [0.2, 0.25) is 0 Å². The molecule has 0 saturated heterocycles. The van der Waals surface area contributed by atoms with Crippen LogP contribution in [0.15, 0.2) is 47.5 Å². The zero-order chi connectivity index (χ0) is 21.0. The number of carbonyl (C=O) groups is 3. The highest BCUT2D eigenvalue weighted by atomic mass is 32.1. The smallest absolute Gasteiger partial charge is 0.338 e. The van der Waals surface area contributed by atoms with Crippen LogP contribution in [0.2, 0.25) is 0 Å². The molecule has 0 unspecified atom stereocenters. The number of hydrogen-bond donors (Lipinski definition) is 0. The van der Waals surface area contributed by atoms with Gasteiger partial charge >= 0.3 is 11.9 Å². The summed E-state index contributed by atoms with van der Waals surface area (Å²) in [5.41, 5.74) is 2.10. The molecule has 29 heavy (non-hydrogen) atoms. The summed E-state index contributed by atoms with van der Waals surface area (Å²) in [6.07, 6.45) is 0. The van der Waals surface area contributed by atoms with Gasteiger partial charge in [-0.05, 0) is 43.7 Å². The average Bonchev–Trinajstić information content (AvgIpc) is 3.03. The maximum atomic E-state index is 12.9. The Kier molecular flexibility index (Phi) is 6.23. The van der Waals surface area contributed by atoms with E-state index in [0.717, 1.165) is 15.8 Å². The minimum atomic E-state index is -0.615. The predicted octanol–water partition coefficient (Wildman–Crippen LogP) is 3.10. The van der Waals surface area contributed by atoms with Crippen molar-refractivity contribution < 1.29 is 23.9 Å². The van der Waals surface area contributed by atoms with Gasteiger partial charge in [0.1, 0.15) is 6.54 Å². The molecule has 0 aliphatic rings. The van der Waals surface area contributed by atoms with Crippen LogP contribution in [-0.2, 0) is 20.8 Å². The van der Waals surface area contributed by atoms with E-state index < -0.39 is 17.8 Å². The number of aromatic nitrogens is 1. The van der Waals surface area contributed by atoms with Crippen molar-refractivity contribution >= 4 is 39.4 Å². The zero-order valence-corrected chi connectivity index (χ0v) is 17.1. The van der Waals surface area contributed by atoms with E-state index in [9.17, 15) is 14.4 Å². The van der Waals surface area contributed by atoms with Crippen LogP contribution in [0.3, 0.4) is 0 Å². The van der Waals surface area contributed by atoms with Crippen LogP contribution in [0.4, 0.5) is 0 Å². The maximum absolute atomic E-state index is 12.9. The minimum Gasteiger partial charge on any atom is -0.465 e. The van der Waals surface area contributed by atoms with Crippen molar-refractivity contribution in [3.63, 3.8) is 0 Å². The molecular weight excluding hydrogens is 392 g/mol. The zero-order valence-electron chi connectivity index (χ0n) is 16.3. The largest absolute Gasteiger partial charge is 0.465 e. The van der Waals surface area contributed by atoms with Crippen molar-refractivity contribution in [3.8, 4) is 0 Å². The Labute approximate surface area is 171 Å². The lowest BCUT2D eigenvalue weighted by Crippen LogP contribution is -2.23. The second kappa shape index (κ2) is 8.83. The highest BCUT2D eigenvalue weighted by Crippen LogP contribution is 2.19. The number of esters is 2. The molecule has 0 aliphatic heterocycles. The fraction of sp³-hybridized carbons (Fsp3) is 0.238. The molecule has 1 heterocycles. The Hall–Kier alpha value is -3.26. The summed E-state index contributed by atoms with van der Waals surface area (Å²) >= 11 is 1.29. The van der Waals surface area contributed by atoms with Gasteiger partial charge < -0.3 is 14.0 Å². The number of thiazole rings is 1. The standard InChI is InChI=1S/C21H20N2O5S/c1-4-28-18(24)12-23-16-10-9-13(2)11-17(16)29-21(23)22-19(25)14-7-5-6-8-15(14)20(26)27-3/h5-11H,4,12H2,1-3H3. The number of aryl methyl sites for hydroxylation is 1. The van der Waals surface area contributed by atoms with Gasteiger partial charge in [0.25, 0.3) is 5.91 Å². The fourth-order valence-electron chi connectivity index (χ4n) is 2.86. The third-order valence-electron chi connectivity index (χ3n) is 4.19. The number of carbonyl (C=O) groups excluding carboxylic acids is 3. The summed E-state index contributed by atoms with van der Waals surface area (Å²) in [4.78, 5) is 41.5. The molecule has 0 atom stereocenters. The number of rotatable bonds is 5. The number of ether oxygens (including phenoxy) is 2. The molecular formula is C21H20N2O5S. The van der Waals surface area contributed by atoms with Crippen LogP contribution in [-0.4, -0.2) is 36.1 Å². The van der Waals surface area contributed by atoms with E-state index in [1.807, 2.05) is 25.1 Å². The van der Waals surface area contributed by atoms with Gasteiger partial charge in [-0.2, -0.15) is 4.99 Å². The topological polar surface area (TPSA) is 87.0 Å². The van der Waals surface area contributed by atoms with E-state index >= 15 is 0 Å². The highest BCUT2D eigenvalue weighted by Gasteiger charge is 2.18. The first-order chi connectivity index (χ1) is 13.9. The number of nitrogens with zero attached hydrogens (tertiary/aromatic N) is 2. The van der Waals surface area contributed by atoms with Crippen molar-refractivity contribution in [1.29, 1.82) is 0 Å². The molecule has 0 saturated carbocycles. The van der Waals surface area contributed by atoms with Gasteiger partial charge in [0.15, 0.2) is 4.80 Å². The van der Waals surface area contributed by atoms with Crippen molar-refractivity contribution in [1.82, 2.24) is 4.57 Å². The average molecular weight is 412 g/mol. The molecule has 7 nitrogen and oxygen atoms in total. The lowest BCUT2D eigenvalue weighted by Gasteiger charge is -2.06. The Morgan fingerprint density at radius 2 is 1.83 bits per heavy atom. The van der Waals surface area contributed by atoms with Crippen LogP contribution < -0.4 is 4.80 Å². The molecule has 0 radical (unpaired) electrons. The van der Waals surface area contributed by atoms with E-state index in [1.54, 1.807) is 23.6 Å². The van der Waals surface area contributed by atoms with Crippen molar-refractivity contribution in [3.05, 3.63) is 64.0 Å². The van der Waals surface area contributed by atoms with Gasteiger partial charge in [-0.25, -0.2) is 4.79 Å². The summed E-state index contributed by atoms with van der Waals surface area (Å²) in [6, 6.07) is 12.1. The molecule has 0 fully saturated rings. The molecule has 0 aliphatic carbocycles. The molecule has 3 rings (SSSR count). The van der Waals surface area contributed by atoms with Crippen molar-refractivity contribution in [2.24, 2.45) is 4.99 Å². The summed E-state index contributed by atoms with van der Waals surface area (Å²) in [5, 5.41) is 0. The first-order valence-corrected chi connectivity index (χ1v) is 9.78. The molecule has 2 aromatic carbocycles. The number of amides is 1. The second-order valence-electron chi connectivity index (χ2n) is 6.20. The first-order valence-electron chi connectivity index (χ1n) is 8.96. The van der Waals surface area contributed by atoms with E-state index in [-0.39, 0.29) is 24.3 Å². The van der Waals surface area contributed by atoms with Crippen LogP contribution >= 0.6 is 11.3 Å². The Morgan fingerprint density at radius 3 is 2.52 bits per heavy atom. The van der Waals surface area contributed by atoms with Crippen LogP contribution in [0, 0.1) is 6.92 Å². The van der Waals surface area contributed by atoms with Crippen LogP contribution in [0.25, 0.3) is 10.2 Å². The Balaban J connectivity index is 2.13. The summed E-state index contributed by atoms with van der Waals surface area (Å²) in [7, 11) is 1.25. The number of fused-ring (bicyclic) bond motifs is 1. The number of hydrogen-bond acceptors (Lipinski definition) is 6. The first kappa shape index (κ1) is 20.5. The molecule has 8 heteroatoms. The molecule has 0 spiro atoms. The normalized spacial score (nSPS) is 11.5. The number of benzene rings is 2. The van der Waals surface area contributed by atoms with E-state index in [1.165, 1.54) is 30.6 Å². The molecule has 1 aromatic heterocycles. The lowest BCUT2D eigenvalue weighted by atomic mass is 10.1. The van der Waals surface area contributed by atoms with Crippen molar-refractivity contribution in [2.75, 3.05) is 13.7 Å². The van der Waals surface area contributed by atoms with Gasteiger partial charge in [-0.3, -0.25) is 9.59 Å². The predicted molar refractivity (Wildman–Crippen MR) is 109 cm³/mol. The van der Waals surface area contributed by atoms with E-state index in [2.05, 4.69) is 4.99 Å². The minimum absolute atomic E-state index is 0.0678. The highest BCUT2D eigenvalue weighted by molar-refractivity contribution is 7.16. The molecule has 150 valence electrons. The molecule has 1 amide bonds. The Morgan fingerprint density at radius 1 is 1.10 bits per heavy atom. The third kappa shape index (κ3) is 4.43. The number of methoxy groups -OCH3 is 1. The molecule has 3 aromatic rings. The van der Waals surface area contributed by atoms with Gasteiger partial charge in [-0.1, -0.05) is 29.5 Å². The van der Waals surface area contributed by atoms with Crippen molar-refractivity contribution in [2.45, 2.75) is 20.4 Å². The third-order valence-corrected chi connectivity index (χ3v) is 5.23. The van der Waals surface area contributed by atoms with Gasteiger partial charge in [0.05, 0.1) is 35.1 Å². The SMILES string of the molecule is CCOC(=O)Cn1c(=NC(=O)c2ccccc2C(=O)OC)sc2cc(C)ccc21. The molecule has 0 bridgehead atoms. The van der Waals surface area contributed by atoms with Gasteiger partial charge in [-0.15, -0.1) is 0 Å². The fourth-order valence-corrected chi connectivity index (χ4v) is 3.98. The lowest BCUT2D eigenvalue weighted by molar-refractivity contribution is -0.143. The summed E-state index contributed by atoms with van der Waals surface area (Å²) < 4.78 is 12.3.